The van der Waals surface area contributed by atoms with Gasteiger partial charge < -0.3 is 9.84 Å². The van der Waals surface area contributed by atoms with E-state index >= 15 is 0 Å². The zero-order valence-corrected chi connectivity index (χ0v) is 10.9. The molecular weight excluding hydrogens is 270 g/mol. The number of carbonyl (C=O) groups is 2. The smallest absolute Gasteiger partial charge is 0.415 e. The molecular formula is C11H15N3O6. The number of nitro groups is 1. The molecule has 110 valence electrons. The normalized spacial score (nSPS) is 20.6. The molecule has 0 aliphatic carbocycles. The highest BCUT2D eigenvalue weighted by Crippen LogP contribution is 2.23. The molecule has 9 nitrogen and oxygen atoms in total. The number of rotatable bonds is 8. The monoisotopic (exact) mass is 285 g/mol. The topological polar surface area (TPSA) is 131 Å². The zero-order valence-electron chi connectivity index (χ0n) is 10.9. The van der Waals surface area contributed by atoms with Crippen LogP contribution in [0.3, 0.4) is 0 Å². The fraction of sp³-hybridized carbons (Fsp3) is 0.636. The number of esters is 1. The molecule has 0 aromatic heterocycles. The average Bonchev–Trinajstić information content (AvgIpc) is 2.81. The van der Waals surface area contributed by atoms with E-state index in [1.807, 2.05) is 0 Å². The molecule has 1 heterocycles. The number of hydrogen-bond acceptors (Lipinski definition) is 7. The van der Waals surface area contributed by atoms with Crippen molar-refractivity contribution in [3.05, 3.63) is 10.1 Å². The average molecular weight is 285 g/mol. The van der Waals surface area contributed by atoms with Crippen LogP contribution in [-0.2, 0) is 14.3 Å². The third kappa shape index (κ3) is 4.11. The molecule has 0 spiro atoms. The lowest BCUT2D eigenvalue weighted by Crippen LogP contribution is -2.34. The minimum Gasteiger partial charge on any atom is -0.481 e. The van der Waals surface area contributed by atoms with E-state index in [1.165, 1.54) is 6.21 Å². The minimum absolute atomic E-state index is 0.182. The minimum atomic E-state index is -1.82. The molecule has 0 bridgehead atoms. The van der Waals surface area contributed by atoms with Crippen LogP contribution in [0.4, 0.5) is 0 Å². The summed E-state index contributed by atoms with van der Waals surface area (Å²) in [5.74, 6) is -3.65. The number of ether oxygens (including phenoxy) is 1. The molecule has 0 aromatic rings. The first kappa shape index (κ1) is 15.7. The fourth-order valence-corrected chi connectivity index (χ4v) is 1.52. The van der Waals surface area contributed by atoms with Gasteiger partial charge in [0, 0.05) is 0 Å². The highest BCUT2D eigenvalue weighted by atomic mass is 16.6. The predicted octanol–water partition coefficient (Wildman–Crippen LogP) is 0.650. The fourth-order valence-electron chi connectivity index (χ4n) is 1.52. The number of carbonyl (C=O) groups excluding carboxylic acids is 1. The van der Waals surface area contributed by atoms with Gasteiger partial charge in [-0.1, -0.05) is 6.92 Å². The molecule has 1 N–H and O–H groups in total. The van der Waals surface area contributed by atoms with Crippen molar-refractivity contribution in [1.82, 2.24) is 0 Å². The molecule has 1 unspecified atom stereocenters. The number of aliphatic imine (C=N–C) groups is 2. The molecule has 0 radical (unpaired) electrons. The van der Waals surface area contributed by atoms with Crippen molar-refractivity contribution in [2.24, 2.45) is 9.98 Å². The quantitative estimate of drug-likeness (QED) is 0.395. The first-order chi connectivity index (χ1) is 9.39. The summed E-state index contributed by atoms with van der Waals surface area (Å²) in [7, 11) is 0. The molecule has 20 heavy (non-hydrogen) atoms. The van der Waals surface area contributed by atoms with Gasteiger partial charge in [0.25, 0.3) is 0 Å². The Morgan fingerprint density at radius 3 is 2.70 bits per heavy atom. The third-order valence-corrected chi connectivity index (χ3v) is 2.64. The maximum absolute atomic E-state index is 11.2. The van der Waals surface area contributed by atoms with Gasteiger partial charge in [-0.05, 0) is 6.42 Å². The molecule has 0 amide bonds. The molecule has 0 saturated heterocycles. The van der Waals surface area contributed by atoms with Crippen LogP contribution in [0.25, 0.3) is 0 Å². The Hall–Kier alpha value is -2.32. The maximum atomic E-state index is 11.2. The molecule has 0 aromatic carbocycles. The van der Waals surface area contributed by atoms with Gasteiger partial charge in [-0.15, -0.1) is 0 Å². The van der Waals surface area contributed by atoms with Crippen molar-refractivity contribution < 1.29 is 24.4 Å². The number of carboxylic acid groups (broad SMARTS) is 1. The summed E-state index contributed by atoms with van der Waals surface area (Å²) in [6, 6.07) is 0. The van der Waals surface area contributed by atoms with Crippen LogP contribution in [0.1, 0.15) is 32.6 Å². The van der Waals surface area contributed by atoms with Gasteiger partial charge in [0.05, 0.1) is 36.1 Å². The van der Waals surface area contributed by atoms with Gasteiger partial charge in [-0.25, -0.2) is 0 Å². The SMILES string of the molecule is CCC1=NC(CCOC(=O)CCC(=O)O)([N+](=O)[O-])N=C1. The summed E-state index contributed by atoms with van der Waals surface area (Å²) in [4.78, 5) is 39.6. The summed E-state index contributed by atoms with van der Waals surface area (Å²) in [6.45, 7) is 1.56. The van der Waals surface area contributed by atoms with E-state index in [-0.39, 0.29) is 25.9 Å². The van der Waals surface area contributed by atoms with Gasteiger partial charge in [-0.2, -0.15) is 9.98 Å². The molecule has 1 aliphatic rings. The summed E-state index contributed by atoms with van der Waals surface area (Å²) in [6.07, 6.45) is 1.08. The lowest BCUT2D eigenvalue weighted by Gasteiger charge is -2.13. The Kier molecular flexibility index (Phi) is 5.30. The number of carboxylic acids is 1. The van der Waals surface area contributed by atoms with E-state index in [0.29, 0.717) is 12.1 Å². The van der Waals surface area contributed by atoms with Gasteiger partial charge in [0.1, 0.15) is 6.61 Å². The third-order valence-electron chi connectivity index (χ3n) is 2.64. The lowest BCUT2D eigenvalue weighted by atomic mass is 10.2. The second-order valence-corrected chi connectivity index (χ2v) is 4.11. The van der Waals surface area contributed by atoms with Crippen molar-refractivity contribution in [2.75, 3.05) is 6.61 Å². The summed E-state index contributed by atoms with van der Waals surface area (Å²) >= 11 is 0. The highest BCUT2D eigenvalue weighted by molar-refractivity contribution is 6.31. The summed E-state index contributed by atoms with van der Waals surface area (Å²) in [5.41, 5.74) is 0.513. The van der Waals surface area contributed by atoms with Crippen molar-refractivity contribution in [2.45, 2.75) is 38.4 Å². The Morgan fingerprint density at radius 1 is 1.50 bits per heavy atom. The van der Waals surface area contributed by atoms with Crippen LogP contribution in [0.5, 0.6) is 0 Å². The van der Waals surface area contributed by atoms with E-state index in [4.69, 9.17) is 9.84 Å². The van der Waals surface area contributed by atoms with E-state index < -0.39 is 22.6 Å². The Morgan fingerprint density at radius 2 is 2.20 bits per heavy atom. The Labute approximate surface area is 114 Å². The van der Waals surface area contributed by atoms with Crippen molar-refractivity contribution in [3.63, 3.8) is 0 Å². The molecule has 1 rings (SSSR count). The van der Waals surface area contributed by atoms with Crippen LogP contribution in [0.2, 0.25) is 0 Å². The van der Waals surface area contributed by atoms with Gasteiger partial charge >= 0.3 is 17.7 Å². The van der Waals surface area contributed by atoms with Crippen molar-refractivity contribution >= 4 is 23.9 Å². The van der Waals surface area contributed by atoms with Crippen LogP contribution in [0, 0.1) is 10.1 Å². The van der Waals surface area contributed by atoms with Crippen LogP contribution >= 0.6 is 0 Å². The number of aliphatic carboxylic acids is 1. The van der Waals surface area contributed by atoms with Gasteiger partial charge in [-0.3, -0.25) is 19.7 Å². The Bertz CT molecular complexity index is 473. The van der Waals surface area contributed by atoms with Crippen molar-refractivity contribution in [3.8, 4) is 0 Å². The highest BCUT2D eigenvalue weighted by Gasteiger charge is 2.44. The number of nitrogens with zero attached hydrogens (tertiary/aromatic N) is 3. The number of hydrogen-bond donors (Lipinski definition) is 1. The van der Waals surface area contributed by atoms with Crippen molar-refractivity contribution in [1.29, 1.82) is 0 Å². The predicted molar refractivity (Wildman–Crippen MR) is 68.4 cm³/mol. The summed E-state index contributed by atoms with van der Waals surface area (Å²) in [5, 5.41) is 19.4. The first-order valence-corrected chi connectivity index (χ1v) is 6.05. The lowest BCUT2D eigenvalue weighted by molar-refractivity contribution is -0.566. The zero-order chi connectivity index (χ0) is 15.2. The molecule has 0 saturated carbocycles. The first-order valence-electron chi connectivity index (χ1n) is 6.05. The van der Waals surface area contributed by atoms with E-state index in [0.717, 1.165) is 0 Å². The van der Waals surface area contributed by atoms with E-state index in [1.54, 1.807) is 6.92 Å². The standard InChI is InChI=1S/C11H15N3O6/c1-2-8-7-12-11(13-8,14(18)19)5-6-20-10(17)4-3-9(15)16/h7H,2-6H2,1H3,(H,15,16). The van der Waals surface area contributed by atoms with Crippen LogP contribution in [-0.4, -0.2) is 46.3 Å². The maximum Gasteiger partial charge on any atom is 0.415 e. The van der Waals surface area contributed by atoms with Gasteiger partial charge in [0.2, 0.25) is 0 Å². The molecule has 1 atom stereocenters. The molecule has 0 fully saturated rings. The molecule has 9 heteroatoms. The van der Waals surface area contributed by atoms with Crippen LogP contribution < -0.4 is 0 Å². The van der Waals surface area contributed by atoms with Gasteiger partial charge in [0.15, 0.2) is 0 Å². The largest absolute Gasteiger partial charge is 0.481 e. The van der Waals surface area contributed by atoms with Crippen LogP contribution in [0.15, 0.2) is 9.98 Å². The summed E-state index contributed by atoms with van der Waals surface area (Å²) < 4.78 is 4.75. The second kappa shape index (κ2) is 6.73. The second-order valence-electron chi connectivity index (χ2n) is 4.11. The molecule has 1 aliphatic heterocycles. The van der Waals surface area contributed by atoms with E-state index in [2.05, 4.69) is 9.98 Å². The Balaban J connectivity index is 2.48. The van der Waals surface area contributed by atoms with E-state index in [9.17, 15) is 19.7 Å².